The Morgan fingerprint density at radius 3 is 2.61 bits per heavy atom. The lowest BCUT2D eigenvalue weighted by Gasteiger charge is -2.12. The van der Waals surface area contributed by atoms with Crippen LogP contribution in [0.1, 0.15) is 12.1 Å². The number of aromatic nitrogens is 2. The fraction of sp³-hybridized carbons (Fsp3) is 0.375. The lowest BCUT2D eigenvalue weighted by atomic mass is 10.2. The summed E-state index contributed by atoms with van der Waals surface area (Å²) < 4.78 is 25.5. The van der Waals surface area contributed by atoms with Gasteiger partial charge in [-0.15, -0.1) is 0 Å². The molecule has 5 N–H and O–H groups in total. The number of aryl methyl sites for hydroxylation is 1. The molecule has 1 amide bonds. The number of hydrogen-bond donors (Lipinski definition) is 4. The molecule has 0 aliphatic heterocycles. The molecule has 0 bridgehead atoms. The van der Waals surface area contributed by atoms with Crippen molar-refractivity contribution in [3.63, 3.8) is 0 Å². The van der Waals surface area contributed by atoms with Crippen LogP contribution in [-0.4, -0.2) is 41.6 Å². The van der Waals surface area contributed by atoms with Gasteiger partial charge in [-0.3, -0.25) is 14.7 Å². The first-order valence-electron chi connectivity index (χ1n) is 4.77. The van der Waals surface area contributed by atoms with Crippen LogP contribution in [0.3, 0.4) is 0 Å². The zero-order chi connectivity index (χ0) is 13.9. The average Bonchev–Trinajstić information content (AvgIpc) is 2.62. The molecule has 1 aromatic rings. The first kappa shape index (κ1) is 14.1. The van der Waals surface area contributed by atoms with E-state index in [4.69, 9.17) is 10.8 Å². The maximum absolute atomic E-state index is 11.8. The topological polar surface area (TPSA) is 155 Å². The van der Waals surface area contributed by atoms with Gasteiger partial charge in [0.15, 0.2) is 0 Å². The SMILES string of the molecule is Cc1[nH]ncc1S(=O)(=O)NC(CC(N)=O)C(=O)O. The summed E-state index contributed by atoms with van der Waals surface area (Å²) in [6, 6.07) is -1.61. The van der Waals surface area contributed by atoms with Crippen molar-refractivity contribution in [3.05, 3.63) is 11.9 Å². The van der Waals surface area contributed by atoms with Crippen LogP contribution in [0.5, 0.6) is 0 Å². The summed E-state index contributed by atoms with van der Waals surface area (Å²) in [7, 11) is -4.07. The molecule has 0 aliphatic rings. The Bertz CT molecular complexity index is 564. The Morgan fingerprint density at radius 1 is 1.61 bits per heavy atom. The number of carboxylic acids is 1. The molecule has 0 aliphatic carbocycles. The molecule has 1 unspecified atom stereocenters. The third kappa shape index (κ3) is 3.28. The van der Waals surface area contributed by atoms with Crippen LogP contribution in [0, 0.1) is 6.92 Å². The number of nitrogens with one attached hydrogen (secondary N) is 2. The molecule has 10 heteroatoms. The Labute approximate surface area is 102 Å². The number of carboxylic acid groups (broad SMARTS) is 1. The quantitative estimate of drug-likeness (QED) is 0.486. The smallest absolute Gasteiger partial charge is 0.322 e. The van der Waals surface area contributed by atoms with E-state index in [1.165, 1.54) is 6.92 Å². The molecule has 18 heavy (non-hydrogen) atoms. The molecular formula is C8H12N4O5S. The molecular weight excluding hydrogens is 264 g/mol. The third-order valence-electron chi connectivity index (χ3n) is 2.07. The van der Waals surface area contributed by atoms with Crippen LogP contribution in [0.2, 0.25) is 0 Å². The number of aromatic amines is 1. The van der Waals surface area contributed by atoms with Gasteiger partial charge in [0.1, 0.15) is 10.9 Å². The summed E-state index contributed by atoms with van der Waals surface area (Å²) in [5.41, 5.74) is 5.10. The zero-order valence-corrected chi connectivity index (χ0v) is 10.2. The van der Waals surface area contributed by atoms with Gasteiger partial charge in [0, 0.05) is 0 Å². The van der Waals surface area contributed by atoms with Gasteiger partial charge in [0.2, 0.25) is 15.9 Å². The minimum atomic E-state index is -4.07. The van der Waals surface area contributed by atoms with Gasteiger partial charge in [-0.1, -0.05) is 0 Å². The summed E-state index contributed by atoms with van der Waals surface area (Å²) in [5, 5.41) is 14.7. The number of aliphatic carboxylic acids is 1. The second kappa shape index (κ2) is 5.14. The third-order valence-corrected chi connectivity index (χ3v) is 3.66. The van der Waals surface area contributed by atoms with Gasteiger partial charge < -0.3 is 10.8 Å². The van der Waals surface area contributed by atoms with E-state index in [1.807, 2.05) is 4.72 Å². The summed E-state index contributed by atoms with van der Waals surface area (Å²) in [6.45, 7) is 1.46. The molecule has 100 valence electrons. The standard InChI is InChI=1S/C8H12N4O5S/c1-4-6(3-10-11-4)18(16,17)12-5(8(14)15)2-7(9)13/h3,5,12H,2H2,1H3,(H2,9,13)(H,10,11)(H,14,15). The molecule has 0 spiro atoms. The summed E-state index contributed by atoms with van der Waals surface area (Å²) in [5.74, 6) is -2.41. The second-order valence-corrected chi connectivity index (χ2v) is 5.22. The Hall–Kier alpha value is -1.94. The number of hydrogen-bond acceptors (Lipinski definition) is 5. The number of nitrogens with zero attached hydrogens (tertiary/aromatic N) is 1. The highest BCUT2D eigenvalue weighted by molar-refractivity contribution is 7.89. The van der Waals surface area contributed by atoms with Crippen LogP contribution in [0.15, 0.2) is 11.1 Å². The predicted octanol–water partition coefficient (Wildman–Crippen LogP) is -1.67. The van der Waals surface area contributed by atoms with Crippen molar-refractivity contribution >= 4 is 21.9 Å². The van der Waals surface area contributed by atoms with E-state index in [2.05, 4.69) is 10.2 Å². The largest absolute Gasteiger partial charge is 0.480 e. The van der Waals surface area contributed by atoms with Crippen LogP contribution >= 0.6 is 0 Å². The summed E-state index contributed by atoms with van der Waals surface area (Å²) >= 11 is 0. The molecule has 0 radical (unpaired) electrons. The molecule has 1 rings (SSSR count). The van der Waals surface area contributed by atoms with Gasteiger partial charge >= 0.3 is 5.97 Å². The lowest BCUT2D eigenvalue weighted by molar-refractivity contribution is -0.140. The van der Waals surface area contributed by atoms with Crippen LogP contribution in [0.25, 0.3) is 0 Å². The number of H-pyrrole nitrogens is 1. The van der Waals surface area contributed by atoms with Crippen LogP contribution in [0.4, 0.5) is 0 Å². The van der Waals surface area contributed by atoms with E-state index in [0.29, 0.717) is 0 Å². The maximum Gasteiger partial charge on any atom is 0.322 e. The fourth-order valence-corrected chi connectivity index (χ4v) is 2.57. The molecule has 0 aromatic carbocycles. The number of carbonyl (C=O) groups excluding carboxylic acids is 1. The first-order chi connectivity index (χ1) is 8.24. The normalized spacial score (nSPS) is 13.2. The Balaban J connectivity index is 2.97. The second-order valence-electron chi connectivity index (χ2n) is 3.54. The minimum absolute atomic E-state index is 0.182. The van der Waals surface area contributed by atoms with Crippen molar-refractivity contribution in [2.75, 3.05) is 0 Å². The van der Waals surface area contributed by atoms with Crippen LogP contribution in [-0.2, 0) is 19.6 Å². The Kier molecular flexibility index (Phi) is 4.03. The Morgan fingerprint density at radius 2 is 2.22 bits per heavy atom. The van der Waals surface area contributed by atoms with E-state index in [1.54, 1.807) is 0 Å². The van der Waals surface area contributed by atoms with Crippen molar-refractivity contribution in [1.29, 1.82) is 0 Å². The highest BCUT2D eigenvalue weighted by atomic mass is 32.2. The van der Waals surface area contributed by atoms with Gasteiger partial charge in [-0.2, -0.15) is 9.82 Å². The number of amides is 1. The van der Waals surface area contributed by atoms with Gasteiger partial charge in [-0.05, 0) is 6.92 Å². The molecule has 1 heterocycles. The van der Waals surface area contributed by atoms with Crippen molar-refractivity contribution in [3.8, 4) is 0 Å². The maximum atomic E-state index is 11.8. The first-order valence-corrected chi connectivity index (χ1v) is 6.25. The van der Waals surface area contributed by atoms with Gasteiger partial charge in [0.05, 0.1) is 18.3 Å². The molecule has 0 saturated heterocycles. The van der Waals surface area contributed by atoms with Crippen molar-refractivity contribution in [2.45, 2.75) is 24.3 Å². The number of rotatable bonds is 6. The van der Waals surface area contributed by atoms with Crippen molar-refractivity contribution in [2.24, 2.45) is 5.73 Å². The average molecular weight is 276 g/mol. The van der Waals surface area contributed by atoms with E-state index in [9.17, 15) is 18.0 Å². The highest BCUT2D eigenvalue weighted by Crippen LogP contribution is 2.12. The van der Waals surface area contributed by atoms with Crippen LogP contribution < -0.4 is 10.5 Å². The monoisotopic (exact) mass is 276 g/mol. The molecule has 0 fully saturated rings. The highest BCUT2D eigenvalue weighted by Gasteiger charge is 2.28. The minimum Gasteiger partial charge on any atom is -0.480 e. The molecule has 1 atom stereocenters. The molecule has 0 saturated carbocycles. The van der Waals surface area contributed by atoms with Crippen molar-refractivity contribution < 1.29 is 23.1 Å². The number of nitrogens with two attached hydrogens (primary N) is 1. The van der Waals surface area contributed by atoms with E-state index >= 15 is 0 Å². The summed E-state index contributed by atoms with van der Waals surface area (Å²) in [6.07, 6.45) is 0.409. The van der Waals surface area contributed by atoms with Gasteiger partial charge in [-0.25, -0.2) is 8.42 Å². The number of primary amides is 1. The zero-order valence-electron chi connectivity index (χ0n) is 9.37. The predicted molar refractivity (Wildman–Crippen MR) is 58.9 cm³/mol. The fourth-order valence-electron chi connectivity index (χ4n) is 1.24. The number of carbonyl (C=O) groups is 2. The lowest BCUT2D eigenvalue weighted by Crippen LogP contribution is -2.43. The van der Waals surface area contributed by atoms with Crippen molar-refractivity contribution in [1.82, 2.24) is 14.9 Å². The van der Waals surface area contributed by atoms with Gasteiger partial charge in [0.25, 0.3) is 0 Å². The van der Waals surface area contributed by atoms with E-state index < -0.39 is 34.4 Å². The van der Waals surface area contributed by atoms with E-state index in [0.717, 1.165) is 6.20 Å². The molecule has 9 nitrogen and oxygen atoms in total. The summed E-state index contributed by atoms with van der Waals surface area (Å²) in [4.78, 5) is 21.3. The van der Waals surface area contributed by atoms with E-state index in [-0.39, 0.29) is 10.6 Å². The molecule has 1 aromatic heterocycles. The number of sulfonamides is 1.